The van der Waals surface area contributed by atoms with E-state index >= 15 is 0 Å². The summed E-state index contributed by atoms with van der Waals surface area (Å²) in [6, 6.07) is 12.3. The maximum absolute atomic E-state index is 12.0. The van der Waals surface area contributed by atoms with Crippen LogP contribution in [0, 0.1) is 0 Å². The number of nitrogens with one attached hydrogen (secondary N) is 1. The van der Waals surface area contributed by atoms with Crippen LogP contribution in [0.4, 0.5) is 0 Å². The summed E-state index contributed by atoms with van der Waals surface area (Å²) in [5.74, 6) is -0.236. The maximum atomic E-state index is 12.0. The lowest BCUT2D eigenvalue weighted by atomic mass is 10.1. The molecule has 0 radical (unpaired) electrons. The van der Waals surface area contributed by atoms with Crippen molar-refractivity contribution in [2.45, 2.75) is 26.4 Å². The summed E-state index contributed by atoms with van der Waals surface area (Å²) < 4.78 is 6.42. The standard InChI is InChI=1S/C18H17BrN2O2S/c1-18(2,3)23-17(22)16-20-10-13(21-16)11-4-6-12(7-5-11)14-8-9-15(19)24-14/h4-10H,1-3H3,(H,20,21). The van der Waals surface area contributed by atoms with E-state index in [0.29, 0.717) is 0 Å². The molecule has 3 rings (SSSR count). The van der Waals surface area contributed by atoms with Gasteiger partial charge in [0, 0.05) is 4.88 Å². The van der Waals surface area contributed by atoms with Crippen LogP contribution in [0.2, 0.25) is 0 Å². The number of hydrogen-bond acceptors (Lipinski definition) is 4. The molecule has 0 aliphatic rings. The van der Waals surface area contributed by atoms with Crippen LogP contribution in [0.1, 0.15) is 31.4 Å². The predicted molar refractivity (Wildman–Crippen MR) is 100 cm³/mol. The van der Waals surface area contributed by atoms with Crippen LogP contribution in [0.15, 0.2) is 46.4 Å². The Bertz CT molecular complexity index is 860. The van der Waals surface area contributed by atoms with Gasteiger partial charge in [0.2, 0.25) is 5.82 Å². The van der Waals surface area contributed by atoms with Crippen molar-refractivity contribution in [1.82, 2.24) is 9.97 Å². The Morgan fingerprint density at radius 3 is 2.38 bits per heavy atom. The van der Waals surface area contributed by atoms with Gasteiger partial charge in [-0.25, -0.2) is 9.78 Å². The Labute approximate surface area is 153 Å². The summed E-state index contributed by atoms with van der Waals surface area (Å²) >= 11 is 5.17. The highest BCUT2D eigenvalue weighted by Gasteiger charge is 2.20. The maximum Gasteiger partial charge on any atom is 0.374 e. The van der Waals surface area contributed by atoms with Crippen molar-refractivity contribution in [2.75, 3.05) is 0 Å². The van der Waals surface area contributed by atoms with E-state index < -0.39 is 11.6 Å². The number of carbonyl (C=O) groups is 1. The third-order valence-electron chi connectivity index (χ3n) is 3.22. The lowest BCUT2D eigenvalue weighted by molar-refractivity contribution is 0.00569. The molecule has 24 heavy (non-hydrogen) atoms. The molecule has 4 nitrogen and oxygen atoms in total. The normalized spacial score (nSPS) is 11.5. The van der Waals surface area contributed by atoms with Crippen LogP contribution in [-0.4, -0.2) is 21.5 Å². The molecular weight excluding hydrogens is 388 g/mol. The van der Waals surface area contributed by atoms with E-state index in [0.717, 1.165) is 20.6 Å². The summed E-state index contributed by atoms with van der Waals surface area (Å²) in [7, 11) is 0. The first-order chi connectivity index (χ1) is 11.3. The van der Waals surface area contributed by atoms with Crippen molar-refractivity contribution < 1.29 is 9.53 Å². The van der Waals surface area contributed by atoms with E-state index in [1.165, 1.54) is 4.88 Å². The van der Waals surface area contributed by atoms with Crippen molar-refractivity contribution >= 4 is 33.2 Å². The number of benzene rings is 1. The monoisotopic (exact) mass is 404 g/mol. The van der Waals surface area contributed by atoms with Crippen LogP contribution in [0.3, 0.4) is 0 Å². The van der Waals surface area contributed by atoms with E-state index in [9.17, 15) is 4.79 Å². The van der Waals surface area contributed by atoms with Crippen LogP contribution in [0.25, 0.3) is 21.7 Å². The zero-order chi connectivity index (χ0) is 17.3. The van der Waals surface area contributed by atoms with Crippen molar-refractivity contribution in [3.05, 3.63) is 52.2 Å². The van der Waals surface area contributed by atoms with Gasteiger partial charge < -0.3 is 9.72 Å². The average Bonchev–Trinajstić information content (AvgIpc) is 3.15. The number of nitrogens with zero attached hydrogens (tertiary/aromatic N) is 1. The fourth-order valence-electron chi connectivity index (χ4n) is 2.18. The first-order valence-corrected chi connectivity index (χ1v) is 9.07. The summed E-state index contributed by atoms with van der Waals surface area (Å²) in [6.45, 7) is 5.49. The van der Waals surface area contributed by atoms with E-state index in [1.807, 2.05) is 39.0 Å². The molecular formula is C18H17BrN2O2S. The number of rotatable bonds is 3. The molecule has 0 aliphatic carbocycles. The highest BCUT2D eigenvalue weighted by molar-refractivity contribution is 9.11. The van der Waals surface area contributed by atoms with Crippen LogP contribution >= 0.6 is 27.3 Å². The minimum atomic E-state index is -0.541. The number of hydrogen-bond donors (Lipinski definition) is 1. The van der Waals surface area contributed by atoms with Gasteiger partial charge in [-0.15, -0.1) is 11.3 Å². The first-order valence-electron chi connectivity index (χ1n) is 7.46. The number of thiophene rings is 1. The second kappa shape index (κ2) is 6.53. The van der Waals surface area contributed by atoms with Gasteiger partial charge in [-0.3, -0.25) is 0 Å². The molecule has 3 aromatic rings. The summed E-state index contributed by atoms with van der Waals surface area (Å²) in [5, 5.41) is 0. The molecule has 6 heteroatoms. The van der Waals surface area contributed by atoms with Gasteiger partial charge in [0.15, 0.2) is 0 Å². The third kappa shape index (κ3) is 3.94. The Morgan fingerprint density at radius 1 is 1.12 bits per heavy atom. The SMILES string of the molecule is CC(C)(C)OC(=O)c1ncc(-c2ccc(-c3ccc(Br)s3)cc2)[nH]1. The van der Waals surface area contributed by atoms with Crippen LogP contribution < -0.4 is 0 Å². The topological polar surface area (TPSA) is 55.0 Å². The van der Waals surface area contributed by atoms with Crippen molar-refractivity contribution in [3.63, 3.8) is 0 Å². The molecule has 2 aromatic heterocycles. The van der Waals surface area contributed by atoms with Crippen molar-refractivity contribution in [2.24, 2.45) is 0 Å². The number of halogens is 1. The molecule has 0 saturated carbocycles. The summed E-state index contributed by atoms with van der Waals surface area (Å²) in [6.07, 6.45) is 1.65. The fraction of sp³-hybridized carbons (Fsp3) is 0.222. The predicted octanol–water partition coefficient (Wildman–Crippen LogP) is 5.52. The van der Waals surface area contributed by atoms with Gasteiger partial charge in [0.25, 0.3) is 0 Å². The first kappa shape index (κ1) is 16.9. The lowest BCUT2D eigenvalue weighted by Gasteiger charge is -2.18. The number of esters is 1. The molecule has 0 fully saturated rings. The Hall–Kier alpha value is -1.92. The smallest absolute Gasteiger partial charge is 0.374 e. The van der Waals surface area contributed by atoms with Crippen LogP contribution in [-0.2, 0) is 4.74 Å². The Morgan fingerprint density at radius 2 is 1.79 bits per heavy atom. The average molecular weight is 405 g/mol. The molecule has 0 unspecified atom stereocenters. The number of aromatic amines is 1. The zero-order valence-electron chi connectivity index (χ0n) is 13.6. The third-order valence-corrected chi connectivity index (χ3v) is 4.89. The lowest BCUT2D eigenvalue weighted by Crippen LogP contribution is -2.24. The van der Waals surface area contributed by atoms with E-state index in [4.69, 9.17) is 4.74 Å². The largest absolute Gasteiger partial charge is 0.454 e. The van der Waals surface area contributed by atoms with Gasteiger partial charge in [-0.1, -0.05) is 24.3 Å². The highest BCUT2D eigenvalue weighted by atomic mass is 79.9. The second-order valence-corrected chi connectivity index (χ2v) is 8.79. The minimum Gasteiger partial charge on any atom is -0.454 e. The molecule has 0 spiro atoms. The van der Waals surface area contributed by atoms with E-state index in [-0.39, 0.29) is 5.82 Å². The van der Waals surface area contributed by atoms with Gasteiger partial charge in [0.1, 0.15) is 5.60 Å². The van der Waals surface area contributed by atoms with E-state index in [1.54, 1.807) is 17.5 Å². The molecule has 0 aliphatic heterocycles. The number of ether oxygens (including phenoxy) is 1. The van der Waals surface area contributed by atoms with Crippen molar-refractivity contribution in [3.8, 4) is 21.7 Å². The number of aromatic nitrogens is 2. The molecule has 124 valence electrons. The zero-order valence-corrected chi connectivity index (χ0v) is 16.0. The van der Waals surface area contributed by atoms with Gasteiger partial charge in [-0.2, -0.15) is 0 Å². The summed E-state index contributed by atoms with van der Waals surface area (Å²) in [4.78, 5) is 20.4. The number of H-pyrrole nitrogens is 1. The van der Waals surface area contributed by atoms with Crippen molar-refractivity contribution in [1.29, 1.82) is 0 Å². The molecule has 0 amide bonds. The molecule has 2 heterocycles. The van der Waals surface area contributed by atoms with Crippen LogP contribution in [0.5, 0.6) is 0 Å². The molecule has 0 bridgehead atoms. The second-order valence-electron chi connectivity index (χ2n) is 6.33. The van der Waals surface area contributed by atoms with Gasteiger partial charge >= 0.3 is 5.97 Å². The molecule has 0 atom stereocenters. The highest BCUT2D eigenvalue weighted by Crippen LogP contribution is 2.32. The van der Waals surface area contributed by atoms with E-state index in [2.05, 4.69) is 44.1 Å². The molecule has 0 saturated heterocycles. The quantitative estimate of drug-likeness (QED) is 0.584. The molecule has 1 aromatic carbocycles. The molecule has 1 N–H and O–H groups in total. The van der Waals surface area contributed by atoms with Gasteiger partial charge in [-0.05, 0) is 60.0 Å². The Balaban J connectivity index is 1.79. The fourth-order valence-corrected chi connectivity index (χ4v) is 3.57. The Kier molecular flexibility index (Phi) is 4.60. The summed E-state index contributed by atoms with van der Waals surface area (Å²) in [5.41, 5.74) is 2.37. The van der Waals surface area contributed by atoms with Gasteiger partial charge in [0.05, 0.1) is 15.7 Å². The number of carbonyl (C=O) groups excluding carboxylic acids is 1. The number of imidazole rings is 1. The minimum absolute atomic E-state index is 0.214.